The topological polar surface area (TPSA) is 28.7 Å². The molecule has 1 heterocycles. The molecule has 0 amide bonds. The van der Waals surface area contributed by atoms with Crippen molar-refractivity contribution >= 4 is 34.6 Å². The zero-order valence-corrected chi connectivity index (χ0v) is 11.2. The number of nitrogens with one attached hydrogen (secondary N) is 1. The molecule has 0 atom stereocenters. The fourth-order valence-electron chi connectivity index (χ4n) is 2.00. The number of H-pyrrole nitrogens is 1. The maximum absolute atomic E-state index is 13.4. The van der Waals surface area contributed by atoms with Crippen molar-refractivity contribution in [2.75, 3.05) is 0 Å². The molecule has 5 heteroatoms. The SMILES string of the molecule is Fc1ccc(Cl)c(-c2n[nH]c(=S)c3ccccc23)c1. The van der Waals surface area contributed by atoms with Gasteiger partial charge >= 0.3 is 0 Å². The monoisotopic (exact) mass is 290 g/mol. The molecule has 94 valence electrons. The molecule has 2 nitrogen and oxygen atoms in total. The number of fused-ring (bicyclic) bond motifs is 1. The summed E-state index contributed by atoms with van der Waals surface area (Å²) in [5, 5.41) is 9.13. The number of rotatable bonds is 1. The highest BCUT2D eigenvalue weighted by atomic mass is 35.5. The van der Waals surface area contributed by atoms with Crippen LogP contribution in [-0.4, -0.2) is 10.2 Å². The highest BCUT2D eigenvalue weighted by molar-refractivity contribution is 7.71. The van der Waals surface area contributed by atoms with Gasteiger partial charge in [-0.2, -0.15) is 5.10 Å². The normalized spacial score (nSPS) is 10.8. The Morgan fingerprint density at radius 3 is 2.63 bits per heavy atom. The first-order valence-corrected chi connectivity index (χ1v) is 6.38. The molecule has 0 aliphatic rings. The van der Waals surface area contributed by atoms with Gasteiger partial charge in [0.15, 0.2) is 0 Å². The lowest BCUT2D eigenvalue weighted by atomic mass is 10.1. The van der Waals surface area contributed by atoms with Gasteiger partial charge in [-0.05, 0) is 18.2 Å². The van der Waals surface area contributed by atoms with Crippen molar-refractivity contribution in [1.29, 1.82) is 0 Å². The minimum atomic E-state index is -0.354. The van der Waals surface area contributed by atoms with E-state index in [1.165, 1.54) is 18.2 Å². The third-order valence-corrected chi connectivity index (χ3v) is 3.52. The molecular formula is C14H8ClFN2S. The summed E-state index contributed by atoms with van der Waals surface area (Å²) in [4.78, 5) is 0. The molecule has 2 aromatic carbocycles. The smallest absolute Gasteiger partial charge is 0.127 e. The Morgan fingerprint density at radius 1 is 1.11 bits per heavy atom. The number of benzene rings is 2. The quantitative estimate of drug-likeness (QED) is 0.655. The van der Waals surface area contributed by atoms with Crippen molar-refractivity contribution in [3.8, 4) is 11.3 Å². The van der Waals surface area contributed by atoms with E-state index in [1.807, 2.05) is 24.3 Å². The summed E-state index contributed by atoms with van der Waals surface area (Å²) in [5.41, 5.74) is 1.14. The zero-order chi connectivity index (χ0) is 13.4. The Morgan fingerprint density at radius 2 is 1.84 bits per heavy atom. The van der Waals surface area contributed by atoms with Gasteiger partial charge < -0.3 is 0 Å². The molecule has 1 N–H and O–H groups in total. The lowest BCUT2D eigenvalue weighted by Gasteiger charge is -2.07. The van der Waals surface area contributed by atoms with Gasteiger partial charge in [-0.25, -0.2) is 4.39 Å². The number of nitrogens with zero attached hydrogens (tertiary/aromatic N) is 1. The van der Waals surface area contributed by atoms with Crippen LogP contribution in [-0.2, 0) is 0 Å². The van der Waals surface area contributed by atoms with Crippen LogP contribution in [0.4, 0.5) is 4.39 Å². The molecule has 0 saturated carbocycles. The first-order chi connectivity index (χ1) is 9.16. The van der Waals surface area contributed by atoms with Crippen molar-refractivity contribution in [3.63, 3.8) is 0 Å². The van der Waals surface area contributed by atoms with Gasteiger partial charge in [0.1, 0.15) is 16.2 Å². The van der Waals surface area contributed by atoms with Crippen molar-refractivity contribution in [2.45, 2.75) is 0 Å². The lowest BCUT2D eigenvalue weighted by Crippen LogP contribution is -1.92. The molecule has 0 fully saturated rings. The second-order valence-electron chi connectivity index (χ2n) is 4.07. The maximum atomic E-state index is 13.4. The average molecular weight is 291 g/mol. The number of aromatic nitrogens is 2. The molecule has 0 unspecified atom stereocenters. The number of hydrogen-bond donors (Lipinski definition) is 1. The molecule has 1 aromatic heterocycles. The summed E-state index contributed by atoms with van der Waals surface area (Å²) in [6.45, 7) is 0. The van der Waals surface area contributed by atoms with Crippen LogP contribution in [0, 0.1) is 10.5 Å². The Kier molecular flexibility index (Phi) is 3.05. The standard InChI is InChI=1S/C14H8ClFN2S/c15-12-6-5-8(16)7-11(12)13-9-3-1-2-4-10(9)14(19)18-17-13/h1-7H,(H,18,19). The molecule has 0 saturated heterocycles. The molecule has 0 aliphatic heterocycles. The van der Waals surface area contributed by atoms with Crippen LogP contribution in [0.1, 0.15) is 0 Å². The van der Waals surface area contributed by atoms with Gasteiger partial charge in [0.2, 0.25) is 0 Å². The van der Waals surface area contributed by atoms with Gasteiger partial charge in [-0.1, -0.05) is 48.1 Å². The van der Waals surface area contributed by atoms with Crippen LogP contribution in [0.5, 0.6) is 0 Å². The Bertz CT molecular complexity index is 829. The number of hydrogen-bond acceptors (Lipinski definition) is 2. The highest BCUT2D eigenvalue weighted by Crippen LogP contribution is 2.31. The predicted octanol–water partition coefficient (Wildman–Crippen LogP) is 4.75. The van der Waals surface area contributed by atoms with Crippen LogP contribution >= 0.6 is 23.8 Å². The van der Waals surface area contributed by atoms with E-state index in [4.69, 9.17) is 23.8 Å². The molecule has 0 spiro atoms. The second-order valence-corrected chi connectivity index (χ2v) is 4.89. The van der Waals surface area contributed by atoms with E-state index >= 15 is 0 Å². The summed E-state index contributed by atoms with van der Waals surface area (Å²) in [5.74, 6) is -0.354. The van der Waals surface area contributed by atoms with Gasteiger partial charge in [0, 0.05) is 16.3 Å². The first kappa shape index (κ1) is 12.3. The fraction of sp³-hybridized carbons (Fsp3) is 0. The first-order valence-electron chi connectivity index (χ1n) is 5.59. The summed E-state index contributed by atoms with van der Waals surface area (Å²) >= 11 is 11.3. The van der Waals surface area contributed by atoms with Crippen LogP contribution in [0.3, 0.4) is 0 Å². The Hall–Kier alpha value is -1.78. The molecule has 19 heavy (non-hydrogen) atoms. The molecule has 3 rings (SSSR count). The fourth-order valence-corrected chi connectivity index (χ4v) is 2.43. The highest BCUT2D eigenvalue weighted by Gasteiger charge is 2.11. The van der Waals surface area contributed by atoms with Crippen molar-refractivity contribution in [2.24, 2.45) is 0 Å². The minimum absolute atomic E-state index is 0.354. The molecular weight excluding hydrogens is 283 g/mol. The van der Waals surface area contributed by atoms with E-state index in [-0.39, 0.29) is 5.82 Å². The van der Waals surface area contributed by atoms with E-state index in [1.54, 1.807) is 0 Å². The Labute approximate surface area is 118 Å². The van der Waals surface area contributed by atoms with E-state index < -0.39 is 0 Å². The van der Waals surface area contributed by atoms with Gasteiger partial charge in [-0.3, -0.25) is 5.10 Å². The summed E-state index contributed by atoms with van der Waals surface area (Å²) in [6, 6.07) is 11.8. The second kappa shape index (κ2) is 4.72. The number of aromatic amines is 1. The molecule has 3 aromatic rings. The van der Waals surface area contributed by atoms with Crippen LogP contribution in [0.2, 0.25) is 5.02 Å². The number of halogens is 2. The van der Waals surface area contributed by atoms with Crippen LogP contribution < -0.4 is 0 Å². The van der Waals surface area contributed by atoms with Crippen molar-refractivity contribution < 1.29 is 4.39 Å². The van der Waals surface area contributed by atoms with Crippen LogP contribution in [0.15, 0.2) is 42.5 Å². The summed E-state index contributed by atoms with van der Waals surface area (Å²) in [6.07, 6.45) is 0. The van der Waals surface area contributed by atoms with E-state index in [0.717, 1.165) is 10.8 Å². The predicted molar refractivity (Wildman–Crippen MR) is 77.3 cm³/mol. The third-order valence-electron chi connectivity index (χ3n) is 2.88. The van der Waals surface area contributed by atoms with Gasteiger partial charge in [0.05, 0.1) is 5.02 Å². The largest absolute Gasteiger partial charge is 0.267 e. The summed E-state index contributed by atoms with van der Waals surface area (Å²) in [7, 11) is 0. The van der Waals surface area contributed by atoms with Gasteiger partial charge in [0.25, 0.3) is 0 Å². The minimum Gasteiger partial charge on any atom is -0.267 e. The zero-order valence-electron chi connectivity index (χ0n) is 9.65. The molecule has 0 aliphatic carbocycles. The van der Waals surface area contributed by atoms with Crippen LogP contribution in [0.25, 0.3) is 22.0 Å². The third kappa shape index (κ3) is 2.13. The molecule has 0 radical (unpaired) electrons. The Balaban J connectivity index is 2.41. The van der Waals surface area contributed by atoms with Crippen molar-refractivity contribution in [1.82, 2.24) is 10.2 Å². The van der Waals surface area contributed by atoms with E-state index in [9.17, 15) is 4.39 Å². The average Bonchev–Trinajstić information content (AvgIpc) is 2.43. The van der Waals surface area contributed by atoms with Crippen molar-refractivity contribution in [3.05, 3.63) is 57.9 Å². The molecule has 0 bridgehead atoms. The van der Waals surface area contributed by atoms with E-state index in [0.29, 0.717) is 20.9 Å². The van der Waals surface area contributed by atoms with Gasteiger partial charge in [-0.15, -0.1) is 0 Å². The summed E-state index contributed by atoms with van der Waals surface area (Å²) < 4.78 is 13.9. The maximum Gasteiger partial charge on any atom is 0.127 e. The van der Waals surface area contributed by atoms with E-state index in [2.05, 4.69) is 10.2 Å². The lowest BCUT2D eigenvalue weighted by molar-refractivity contribution is 0.628.